The van der Waals surface area contributed by atoms with Crippen LogP contribution in [-0.2, 0) is 10.2 Å². The SMILES string of the molecule is COc1cc([C@@]23C=CC(=O)C[C@@H]2N(C)CC3)cc(I)c1OC. The molecule has 0 amide bonds. The number of nitrogens with zero attached hydrogens (tertiary/aromatic N) is 1. The van der Waals surface area contributed by atoms with E-state index >= 15 is 0 Å². The number of carbonyl (C=O) groups is 1. The molecule has 1 aliphatic heterocycles. The molecule has 0 aromatic heterocycles. The molecular weight excluding hydrogens is 393 g/mol. The third-order valence-electron chi connectivity index (χ3n) is 4.94. The largest absolute Gasteiger partial charge is 0.493 e. The van der Waals surface area contributed by atoms with E-state index < -0.39 is 0 Å². The summed E-state index contributed by atoms with van der Waals surface area (Å²) in [6.45, 7) is 0.993. The van der Waals surface area contributed by atoms with E-state index in [-0.39, 0.29) is 17.2 Å². The molecule has 0 N–H and O–H groups in total. The number of methoxy groups -OCH3 is 2. The normalized spacial score (nSPS) is 27.8. The molecule has 0 radical (unpaired) electrons. The fourth-order valence-corrected chi connectivity index (χ4v) is 4.55. The molecule has 1 heterocycles. The molecule has 22 heavy (non-hydrogen) atoms. The van der Waals surface area contributed by atoms with Crippen molar-refractivity contribution in [3.05, 3.63) is 33.4 Å². The van der Waals surface area contributed by atoms with Crippen LogP contribution < -0.4 is 9.47 Å². The van der Waals surface area contributed by atoms with Crippen LogP contribution in [0, 0.1) is 3.57 Å². The topological polar surface area (TPSA) is 38.8 Å². The van der Waals surface area contributed by atoms with E-state index in [1.165, 1.54) is 5.56 Å². The van der Waals surface area contributed by atoms with Crippen molar-refractivity contribution < 1.29 is 14.3 Å². The molecule has 3 rings (SSSR count). The van der Waals surface area contributed by atoms with Gasteiger partial charge < -0.3 is 14.4 Å². The zero-order valence-corrected chi connectivity index (χ0v) is 15.2. The monoisotopic (exact) mass is 413 g/mol. The first-order valence-electron chi connectivity index (χ1n) is 7.36. The van der Waals surface area contributed by atoms with Crippen LogP contribution in [0.1, 0.15) is 18.4 Å². The van der Waals surface area contributed by atoms with Gasteiger partial charge in [0.15, 0.2) is 17.3 Å². The Kier molecular flexibility index (Phi) is 4.20. The van der Waals surface area contributed by atoms with Gasteiger partial charge in [-0.2, -0.15) is 0 Å². The Hall–Kier alpha value is -1.08. The quantitative estimate of drug-likeness (QED) is 0.715. The van der Waals surface area contributed by atoms with E-state index in [0.717, 1.165) is 28.0 Å². The molecule has 0 bridgehead atoms. The summed E-state index contributed by atoms with van der Waals surface area (Å²) >= 11 is 2.28. The maximum Gasteiger partial charge on any atom is 0.174 e. The van der Waals surface area contributed by atoms with E-state index in [0.29, 0.717) is 6.42 Å². The van der Waals surface area contributed by atoms with E-state index in [1.54, 1.807) is 20.3 Å². The molecule has 1 aliphatic carbocycles. The predicted molar refractivity (Wildman–Crippen MR) is 93.7 cm³/mol. The Morgan fingerprint density at radius 1 is 1.32 bits per heavy atom. The summed E-state index contributed by atoms with van der Waals surface area (Å²) in [6, 6.07) is 4.44. The molecule has 1 aromatic carbocycles. The molecule has 4 nitrogen and oxygen atoms in total. The second kappa shape index (κ2) is 5.85. The number of hydrogen-bond acceptors (Lipinski definition) is 4. The number of allylic oxidation sites excluding steroid dienone is 1. The summed E-state index contributed by atoms with van der Waals surface area (Å²) in [5.74, 6) is 1.73. The van der Waals surface area contributed by atoms with Crippen LogP contribution in [0.5, 0.6) is 11.5 Å². The number of hydrogen-bond donors (Lipinski definition) is 0. The van der Waals surface area contributed by atoms with E-state index in [4.69, 9.17) is 9.47 Å². The number of halogens is 1. The number of benzene rings is 1. The van der Waals surface area contributed by atoms with E-state index in [9.17, 15) is 4.79 Å². The molecule has 1 aromatic rings. The highest BCUT2D eigenvalue weighted by Crippen LogP contribution is 2.47. The van der Waals surface area contributed by atoms with Crippen molar-refractivity contribution in [1.82, 2.24) is 4.90 Å². The molecule has 1 saturated heterocycles. The molecule has 1 fully saturated rings. The van der Waals surface area contributed by atoms with Crippen LogP contribution in [-0.4, -0.2) is 44.5 Å². The van der Waals surface area contributed by atoms with Crippen LogP contribution in [0.25, 0.3) is 0 Å². The van der Waals surface area contributed by atoms with Gasteiger partial charge in [0.2, 0.25) is 0 Å². The Bertz CT molecular complexity index is 643. The first kappa shape index (κ1) is 15.8. The lowest BCUT2D eigenvalue weighted by atomic mass is 9.69. The number of likely N-dealkylation sites (tertiary alicyclic amines) is 1. The maximum absolute atomic E-state index is 11.9. The Morgan fingerprint density at radius 3 is 2.77 bits per heavy atom. The number of ether oxygens (including phenoxy) is 2. The lowest BCUT2D eigenvalue weighted by Crippen LogP contribution is -2.43. The number of carbonyl (C=O) groups excluding carboxylic acids is 1. The number of ketones is 1. The fraction of sp³-hybridized carbons (Fsp3) is 0.471. The smallest absolute Gasteiger partial charge is 0.174 e. The number of rotatable bonds is 3. The summed E-state index contributed by atoms with van der Waals surface area (Å²) in [5, 5.41) is 0. The molecule has 5 heteroatoms. The molecule has 118 valence electrons. The van der Waals surface area contributed by atoms with Crippen LogP contribution >= 0.6 is 22.6 Å². The number of fused-ring (bicyclic) bond motifs is 1. The lowest BCUT2D eigenvalue weighted by Gasteiger charge is -2.37. The summed E-state index contributed by atoms with van der Waals surface area (Å²) < 4.78 is 12.0. The highest BCUT2D eigenvalue weighted by Gasteiger charge is 2.48. The minimum atomic E-state index is -0.109. The van der Waals surface area contributed by atoms with E-state index in [2.05, 4.69) is 52.7 Å². The molecule has 0 saturated carbocycles. The standard InChI is InChI=1S/C17H20INO3/c1-19-7-6-17(5-4-12(20)10-15(17)19)11-8-13(18)16(22-3)14(9-11)21-2/h4-5,8-9,15H,6-7,10H2,1-3H3/t15-,17-/m0/s1. The fourth-order valence-electron chi connectivity index (χ4n) is 3.73. The Morgan fingerprint density at radius 2 is 2.09 bits per heavy atom. The van der Waals surface area contributed by atoms with Crippen molar-refractivity contribution in [2.24, 2.45) is 0 Å². The van der Waals surface area contributed by atoms with Gasteiger partial charge >= 0.3 is 0 Å². The lowest BCUT2D eigenvalue weighted by molar-refractivity contribution is -0.116. The Balaban J connectivity index is 2.15. The first-order valence-corrected chi connectivity index (χ1v) is 8.44. The van der Waals surface area contributed by atoms with Crippen molar-refractivity contribution in [2.75, 3.05) is 27.8 Å². The third-order valence-corrected chi connectivity index (χ3v) is 5.74. The van der Waals surface area contributed by atoms with Crippen molar-refractivity contribution >= 4 is 28.4 Å². The van der Waals surface area contributed by atoms with E-state index in [1.807, 2.05) is 0 Å². The van der Waals surface area contributed by atoms with Gasteiger partial charge in [0.25, 0.3) is 0 Å². The molecule has 2 atom stereocenters. The van der Waals surface area contributed by atoms with Crippen LogP contribution in [0.4, 0.5) is 0 Å². The maximum atomic E-state index is 11.9. The van der Waals surface area contributed by atoms with Gasteiger partial charge in [-0.3, -0.25) is 4.79 Å². The first-order chi connectivity index (χ1) is 10.5. The zero-order valence-electron chi connectivity index (χ0n) is 13.1. The predicted octanol–water partition coefficient (Wildman–Crippen LogP) is 2.78. The Labute approximate surface area is 144 Å². The summed E-state index contributed by atoms with van der Waals surface area (Å²) in [4.78, 5) is 14.2. The third kappa shape index (κ3) is 2.34. The van der Waals surface area contributed by atoms with Gasteiger partial charge in [0.1, 0.15) is 0 Å². The van der Waals surface area contributed by atoms with Gasteiger partial charge in [0, 0.05) is 17.9 Å². The summed E-state index contributed by atoms with van der Waals surface area (Å²) in [7, 11) is 5.42. The molecule has 2 aliphatic rings. The average Bonchev–Trinajstić information content (AvgIpc) is 2.84. The van der Waals surface area contributed by atoms with Crippen LogP contribution in [0.2, 0.25) is 0 Å². The van der Waals surface area contributed by atoms with Gasteiger partial charge in [-0.1, -0.05) is 6.08 Å². The molecular formula is C17H20INO3. The number of likely N-dealkylation sites (N-methyl/N-ethyl adjacent to an activating group) is 1. The minimum absolute atomic E-state index is 0.109. The van der Waals surface area contributed by atoms with Crippen molar-refractivity contribution in [2.45, 2.75) is 24.3 Å². The van der Waals surface area contributed by atoms with Crippen molar-refractivity contribution in [1.29, 1.82) is 0 Å². The van der Waals surface area contributed by atoms with Gasteiger partial charge in [-0.05, 0) is 66.4 Å². The zero-order chi connectivity index (χ0) is 15.9. The van der Waals surface area contributed by atoms with Crippen molar-refractivity contribution in [3.8, 4) is 11.5 Å². The van der Waals surface area contributed by atoms with Gasteiger partial charge in [0.05, 0.1) is 17.8 Å². The highest BCUT2D eigenvalue weighted by atomic mass is 127. The van der Waals surface area contributed by atoms with Gasteiger partial charge in [-0.15, -0.1) is 0 Å². The van der Waals surface area contributed by atoms with Crippen LogP contribution in [0.15, 0.2) is 24.3 Å². The second-order valence-corrected chi connectivity index (χ2v) is 7.15. The van der Waals surface area contributed by atoms with Gasteiger partial charge in [-0.25, -0.2) is 0 Å². The second-order valence-electron chi connectivity index (χ2n) is 5.98. The van der Waals surface area contributed by atoms with Crippen molar-refractivity contribution in [3.63, 3.8) is 0 Å². The highest BCUT2D eigenvalue weighted by molar-refractivity contribution is 14.1. The summed E-state index contributed by atoms with van der Waals surface area (Å²) in [5.41, 5.74) is 1.09. The molecule has 0 unspecified atom stereocenters. The van der Waals surface area contributed by atoms with Crippen LogP contribution in [0.3, 0.4) is 0 Å². The minimum Gasteiger partial charge on any atom is -0.493 e. The molecule has 0 spiro atoms. The summed E-state index contributed by atoms with van der Waals surface area (Å²) in [6.07, 6.45) is 5.45. The average molecular weight is 413 g/mol.